The van der Waals surface area contributed by atoms with Crippen molar-refractivity contribution in [1.82, 2.24) is 4.72 Å². The van der Waals surface area contributed by atoms with E-state index in [4.69, 9.17) is 8.83 Å². The minimum atomic E-state index is -3.95. The number of amides is 1. The van der Waals surface area contributed by atoms with Crippen molar-refractivity contribution in [2.45, 2.75) is 10.5 Å². The first-order valence-electron chi connectivity index (χ1n) is 8.09. The third-order valence-corrected chi connectivity index (χ3v) is 5.46. The van der Waals surface area contributed by atoms with Gasteiger partial charge in [0.05, 0.1) is 37.3 Å². The zero-order valence-electron chi connectivity index (χ0n) is 14.8. The molecule has 1 aromatic carbocycles. The normalized spacial score (nSPS) is 13.6. The minimum absolute atomic E-state index is 0.0445. The van der Waals surface area contributed by atoms with E-state index < -0.39 is 21.7 Å². The number of methoxy groups -OCH3 is 1. The average molecular weight is 406 g/mol. The summed E-state index contributed by atoms with van der Waals surface area (Å²) in [6.45, 7) is -0.384. The van der Waals surface area contributed by atoms with Gasteiger partial charge in [-0.2, -0.15) is 0 Å². The predicted octanol–water partition coefficient (Wildman–Crippen LogP) is 2.27. The molecule has 3 aromatic rings. The fourth-order valence-electron chi connectivity index (χ4n) is 2.51. The Hall–Kier alpha value is -3.08. The molecule has 2 heterocycles. The van der Waals surface area contributed by atoms with Crippen molar-refractivity contribution in [2.24, 2.45) is 0 Å². The monoisotopic (exact) mass is 406 g/mol. The van der Waals surface area contributed by atoms with Crippen LogP contribution in [0.15, 0.2) is 75.0 Å². The minimum Gasteiger partial charge on any atom is -0.472 e. The second-order valence-electron chi connectivity index (χ2n) is 5.82. The van der Waals surface area contributed by atoms with Crippen LogP contribution in [0, 0.1) is 0 Å². The Labute approximate surface area is 161 Å². The van der Waals surface area contributed by atoms with E-state index in [9.17, 15) is 18.3 Å². The van der Waals surface area contributed by atoms with Crippen molar-refractivity contribution in [3.05, 3.63) is 72.6 Å². The second-order valence-corrected chi connectivity index (χ2v) is 7.58. The summed E-state index contributed by atoms with van der Waals surface area (Å²) in [6.07, 6.45) is 3.38. The van der Waals surface area contributed by atoms with E-state index in [0.717, 1.165) is 0 Å². The Bertz CT molecular complexity index is 976. The van der Waals surface area contributed by atoms with Crippen LogP contribution in [0.25, 0.3) is 0 Å². The van der Waals surface area contributed by atoms with Crippen LogP contribution in [0.1, 0.15) is 11.3 Å². The van der Waals surface area contributed by atoms with Crippen LogP contribution in [-0.2, 0) is 20.4 Å². The van der Waals surface area contributed by atoms with E-state index in [2.05, 4.69) is 14.8 Å². The van der Waals surface area contributed by atoms with Gasteiger partial charge in [-0.1, -0.05) is 0 Å². The van der Waals surface area contributed by atoms with Crippen molar-refractivity contribution in [1.29, 1.82) is 0 Å². The summed E-state index contributed by atoms with van der Waals surface area (Å²) in [4.78, 5) is 11.1. The van der Waals surface area contributed by atoms with Gasteiger partial charge in [0.2, 0.25) is 10.0 Å². The number of hydrogen-bond donors (Lipinski definition) is 3. The lowest BCUT2D eigenvalue weighted by molar-refractivity contribution is 0.0613. The first-order chi connectivity index (χ1) is 13.3. The maximum absolute atomic E-state index is 12.6. The van der Waals surface area contributed by atoms with Gasteiger partial charge in [0, 0.05) is 11.3 Å². The maximum atomic E-state index is 12.6. The quantitative estimate of drug-likeness (QED) is 0.548. The van der Waals surface area contributed by atoms with Crippen LogP contribution in [-0.4, -0.2) is 33.3 Å². The SMILES string of the molecule is COC(=O)Nc1ccc(S(=O)(=O)NC[C@@](O)(c2ccoc2)c2ccco2)cc1. The third-order valence-electron chi connectivity index (χ3n) is 4.04. The molecule has 0 radical (unpaired) electrons. The molecule has 2 aromatic heterocycles. The molecular formula is C18H18N2O7S. The third kappa shape index (κ3) is 4.09. The van der Waals surface area contributed by atoms with Gasteiger partial charge in [-0.15, -0.1) is 0 Å². The maximum Gasteiger partial charge on any atom is 0.411 e. The standard InChI is InChI=1S/C18H18N2O7S/c1-25-17(21)20-14-4-6-15(7-5-14)28(23,24)19-12-18(22,13-8-10-26-11-13)16-3-2-9-27-16/h2-11,19,22H,12H2,1H3,(H,20,21)/t18-/m1/s1. The van der Waals surface area contributed by atoms with E-state index in [0.29, 0.717) is 11.3 Å². The Morgan fingerprint density at radius 2 is 1.93 bits per heavy atom. The number of hydrogen-bond acceptors (Lipinski definition) is 7. The van der Waals surface area contributed by atoms with Crippen molar-refractivity contribution in [3.8, 4) is 0 Å². The fourth-order valence-corrected chi connectivity index (χ4v) is 3.57. The van der Waals surface area contributed by atoms with Crippen molar-refractivity contribution in [3.63, 3.8) is 0 Å². The lowest BCUT2D eigenvalue weighted by Gasteiger charge is -2.25. The fraction of sp³-hybridized carbons (Fsp3) is 0.167. The van der Waals surface area contributed by atoms with Gasteiger partial charge in [-0.25, -0.2) is 17.9 Å². The highest BCUT2D eigenvalue weighted by molar-refractivity contribution is 7.89. The molecule has 3 rings (SSSR count). The van der Waals surface area contributed by atoms with Crippen LogP contribution in [0.3, 0.4) is 0 Å². The summed E-state index contributed by atoms with van der Waals surface area (Å²) in [5.74, 6) is 0.161. The van der Waals surface area contributed by atoms with Gasteiger partial charge in [0.15, 0.2) is 5.60 Å². The molecule has 1 atom stereocenters. The van der Waals surface area contributed by atoms with Gasteiger partial charge in [0.25, 0.3) is 0 Å². The number of ether oxygens (including phenoxy) is 1. The van der Waals surface area contributed by atoms with Crippen molar-refractivity contribution < 1.29 is 31.9 Å². The molecule has 0 saturated carbocycles. The molecule has 10 heteroatoms. The molecule has 0 spiro atoms. The highest BCUT2D eigenvalue weighted by Gasteiger charge is 2.37. The molecule has 0 bridgehead atoms. The van der Waals surface area contributed by atoms with E-state index in [1.807, 2.05) is 0 Å². The summed E-state index contributed by atoms with van der Waals surface area (Å²) in [6, 6.07) is 10.1. The number of aliphatic hydroxyl groups is 1. The zero-order valence-corrected chi connectivity index (χ0v) is 15.6. The Morgan fingerprint density at radius 1 is 1.18 bits per heavy atom. The number of sulfonamides is 1. The highest BCUT2D eigenvalue weighted by Crippen LogP contribution is 2.30. The molecule has 0 aliphatic rings. The average Bonchev–Trinajstić information content (AvgIpc) is 3.41. The summed E-state index contributed by atoms with van der Waals surface area (Å²) in [5, 5.41) is 13.5. The van der Waals surface area contributed by atoms with Crippen molar-refractivity contribution >= 4 is 21.8 Å². The van der Waals surface area contributed by atoms with E-state index in [1.165, 1.54) is 62.3 Å². The molecule has 0 aliphatic heterocycles. The molecule has 148 valence electrons. The van der Waals surface area contributed by atoms with Gasteiger partial charge < -0.3 is 18.7 Å². The smallest absolute Gasteiger partial charge is 0.411 e. The molecule has 1 amide bonds. The molecule has 0 unspecified atom stereocenters. The number of anilines is 1. The Morgan fingerprint density at radius 3 is 2.50 bits per heavy atom. The van der Waals surface area contributed by atoms with E-state index in [1.54, 1.807) is 6.07 Å². The van der Waals surface area contributed by atoms with E-state index in [-0.39, 0.29) is 17.2 Å². The first-order valence-corrected chi connectivity index (χ1v) is 9.57. The molecule has 0 fully saturated rings. The van der Waals surface area contributed by atoms with Gasteiger partial charge in [-0.05, 0) is 42.5 Å². The molecule has 28 heavy (non-hydrogen) atoms. The summed E-state index contributed by atoms with van der Waals surface area (Å²) in [7, 11) is -2.73. The molecule has 0 aliphatic carbocycles. The van der Waals surface area contributed by atoms with Gasteiger partial charge >= 0.3 is 6.09 Å². The van der Waals surface area contributed by atoms with Crippen molar-refractivity contribution in [2.75, 3.05) is 19.0 Å². The zero-order chi connectivity index (χ0) is 20.2. The highest BCUT2D eigenvalue weighted by atomic mass is 32.2. The molecule has 3 N–H and O–H groups in total. The topological polar surface area (TPSA) is 131 Å². The molecule has 9 nitrogen and oxygen atoms in total. The second kappa shape index (κ2) is 7.89. The van der Waals surface area contributed by atoms with Crippen LogP contribution >= 0.6 is 0 Å². The summed E-state index contributed by atoms with van der Waals surface area (Å²) >= 11 is 0. The number of nitrogens with one attached hydrogen (secondary N) is 2. The number of rotatable bonds is 7. The van der Waals surface area contributed by atoms with Crippen LogP contribution in [0.2, 0.25) is 0 Å². The lowest BCUT2D eigenvalue weighted by Crippen LogP contribution is -2.41. The molecular weight excluding hydrogens is 388 g/mol. The molecule has 0 saturated heterocycles. The number of furan rings is 2. The van der Waals surface area contributed by atoms with Crippen LogP contribution < -0.4 is 10.0 Å². The predicted molar refractivity (Wildman–Crippen MR) is 98.1 cm³/mol. The van der Waals surface area contributed by atoms with Crippen LogP contribution in [0.5, 0.6) is 0 Å². The van der Waals surface area contributed by atoms with E-state index >= 15 is 0 Å². The lowest BCUT2D eigenvalue weighted by atomic mass is 9.94. The number of carbonyl (C=O) groups is 1. The summed E-state index contributed by atoms with van der Waals surface area (Å²) in [5.41, 5.74) is -1.05. The number of benzene rings is 1. The summed E-state index contributed by atoms with van der Waals surface area (Å²) < 4.78 is 42.4. The van der Waals surface area contributed by atoms with Crippen LogP contribution in [0.4, 0.5) is 10.5 Å². The van der Waals surface area contributed by atoms with Gasteiger partial charge in [-0.3, -0.25) is 5.32 Å². The van der Waals surface area contributed by atoms with Gasteiger partial charge in [0.1, 0.15) is 5.76 Å². The Kier molecular flexibility index (Phi) is 5.54. The number of carbonyl (C=O) groups excluding carboxylic acids is 1. The first kappa shape index (κ1) is 19.7. The largest absolute Gasteiger partial charge is 0.472 e. The Balaban J connectivity index is 1.79.